The first kappa shape index (κ1) is 35.2. The Morgan fingerprint density at radius 1 is 0.302 bits per heavy atom. The van der Waals surface area contributed by atoms with Crippen LogP contribution in [0.3, 0.4) is 0 Å². The highest BCUT2D eigenvalue weighted by atomic mass is 16.3. The Bertz CT molecular complexity index is 3870. The largest absolute Gasteiger partial charge is 0.456 e. The van der Waals surface area contributed by atoms with Crippen molar-refractivity contribution in [3.63, 3.8) is 0 Å². The molecule has 13 rings (SSSR count). The Morgan fingerprint density at radius 2 is 0.857 bits per heavy atom. The van der Waals surface area contributed by atoms with Gasteiger partial charge in [0.2, 0.25) is 0 Å². The van der Waals surface area contributed by atoms with Crippen LogP contribution in [0.5, 0.6) is 0 Å². The zero-order valence-electron chi connectivity index (χ0n) is 33.7. The fraction of sp³-hybridized carbons (Fsp3) is 0. The lowest BCUT2D eigenvalue weighted by Crippen LogP contribution is -2.00. The molecule has 0 saturated heterocycles. The number of furan rings is 2. The molecule has 0 aliphatic heterocycles. The van der Waals surface area contributed by atoms with Crippen LogP contribution in [0.2, 0.25) is 0 Å². The maximum Gasteiger partial charge on any atom is 0.164 e. The van der Waals surface area contributed by atoms with Gasteiger partial charge in [-0.25, -0.2) is 15.0 Å². The Labute approximate surface area is 361 Å². The molecule has 4 aromatic heterocycles. The van der Waals surface area contributed by atoms with Crippen molar-refractivity contribution in [3.8, 4) is 62.1 Å². The predicted molar refractivity (Wildman–Crippen MR) is 256 cm³/mol. The molecule has 0 amide bonds. The van der Waals surface area contributed by atoms with Gasteiger partial charge in [-0.15, -0.1) is 0 Å². The van der Waals surface area contributed by atoms with Crippen molar-refractivity contribution in [1.82, 2.24) is 19.5 Å². The van der Waals surface area contributed by atoms with Crippen LogP contribution in [0.4, 0.5) is 0 Å². The molecule has 0 radical (unpaired) electrons. The van der Waals surface area contributed by atoms with E-state index >= 15 is 0 Å². The molecule has 0 atom stereocenters. The van der Waals surface area contributed by atoms with Crippen LogP contribution < -0.4 is 0 Å². The minimum Gasteiger partial charge on any atom is -0.456 e. The topological polar surface area (TPSA) is 69.9 Å². The van der Waals surface area contributed by atoms with E-state index in [-0.39, 0.29) is 0 Å². The third-order valence-electron chi connectivity index (χ3n) is 12.3. The van der Waals surface area contributed by atoms with E-state index in [1.165, 1.54) is 21.8 Å². The molecule has 0 spiro atoms. The van der Waals surface area contributed by atoms with E-state index in [0.29, 0.717) is 17.5 Å². The van der Waals surface area contributed by atoms with Crippen LogP contribution in [0.15, 0.2) is 215 Å². The summed E-state index contributed by atoms with van der Waals surface area (Å²) in [6.07, 6.45) is 0. The smallest absolute Gasteiger partial charge is 0.164 e. The molecule has 294 valence electrons. The maximum atomic E-state index is 6.59. The standard InChI is InChI=1S/C57H34N4O2/c1-3-13-35(14-4-1)37-17-11-18-38(31-37)55-58-56(39-26-29-51-47(32-39)54-42(21-12-24-52(54)62-51)36-15-5-2-6-16-36)60-57(59-55)40-25-28-45-46-34-41(27-30-50(46)63-53(45)33-40)61-48-22-9-7-19-43(48)44-20-8-10-23-49(44)61/h1-34H. The van der Waals surface area contributed by atoms with Gasteiger partial charge in [-0.3, -0.25) is 0 Å². The summed E-state index contributed by atoms with van der Waals surface area (Å²) in [7, 11) is 0. The summed E-state index contributed by atoms with van der Waals surface area (Å²) >= 11 is 0. The van der Waals surface area contributed by atoms with Crippen LogP contribution >= 0.6 is 0 Å². The molecule has 63 heavy (non-hydrogen) atoms. The van der Waals surface area contributed by atoms with E-state index in [2.05, 4.69) is 174 Å². The highest BCUT2D eigenvalue weighted by Gasteiger charge is 2.19. The molecule has 0 aliphatic carbocycles. The second-order valence-corrected chi connectivity index (χ2v) is 16.0. The molecule has 6 heteroatoms. The van der Waals surface area contributed by atoms with Gasteiger partial charge in [0.1, 0.15) is 22.3 Å². The molecule has 0 aliphatic rings. The quantitative estimate of drug-likeness (QED) is 0.167. The molecule has 4 heterocycles. The van der Waals surface area contributed by atoms with Crippen molar-refractivity contribution in [2.75, 3.05) is 0 Å². The van der Waals surface area contributed by atoms with Gasteiger partial charge in [-0.05, 0) is 95.1 Å². The lowest BCUT2D eigenvalue weighted by Gasteiger charge is -2.10. The van der Waals surface area contributed by atoms with Crippen molar-refractivity contribution in [1.29, 1.82) is 0 Å². The number of hydrogen-bond acceptors (Lipinski definition) is 5. The molecule has 6 nitrogen and oxygen atoms in total. The highest BCUT2D eigenvalue weighted by Crippen LogP contribution is 2.40. The summed E-state index contributed by atoms with van der Waals surface area (Å²) in [5.74, 6) is 1.69. The fourth-order valence-electron chi connectivity index (χ4n) is 9.30. The van der Waals surface area contributed by atoms with E-state index in [9.17, 15) is 0 Å². The van der Waals surface area contributed by atoms with Gasteiger partial charge in [-0.1, -0.05) is 133 Å². The fourth-order valence-corrected chi connectivity index (χ4v) is 9.30. The Balaban J connectivity index is 0.972. The molecule has 0 bridgehead atoms. The molecule has 9 aromatic carbocycles. The van der Waals surface area contributed by atoms with E-state index in [0.717, 1.165) is 88.5 Å². The zero-order valence-corrected chi connectivity index (χ0v) is 33.7. The first-order valence-electron chi connectivity index (χ1n) is 21.1. The summed E-state index contributed by atoms with van der Waals surface area (Å²) in [5, 5.41) is 6.58. The number of nitrogens with zero attached hydrogens (tertiary/aromatic N) is 4. The molecule has 0 fully saturated rings. The number of aromatic nitrogens is 4. The summed E-state index contributed by atoms with van der Waals surface area (Å²) in [6.45, 7) is 0. The molecule has 0 unspecified atom stereocenters. The minimum absolute atomic E-state index is 0.551. The summed E-state index contributed by atoms with van der Waals surface area (Å²) in [5.41, 5.74) is 13.7. The Hall–Kier alpha value is -8.61. The van der Waals surface area contributed by atoms with Crippen LogP contribution in [0.25, 0.3) is 128 Å². The number of hydrogen-bond donors (Lipinski definition) is 0. The van der Waals surface area contributed by atoms with Crippen molar-refractivity contribution in [2.45, 2.75) is 0 Å². The van der Waals surface area contributed by atoms with Crippen LogP contribution in [-0.4, -0.2) is 19.5 Å². The third-order valence-corrected chi connectivity index (χ3v) is 12.3. The SMILES string of the molecule is c1ccc(-c2cccc(-c3nc(-c4ccc5c(c4)oc4ccc(-n6c7ccccc7c7ccccc76)cc45)nc(-c4ccc5oc6cccc(-c7ccccc7)c6c5c4)n3)c2)cc1. The van der Waals surface area contributed by atoms with E-state index in [1.807, 2.05) is 36.4 Å². The van der Waals surface area contributed by atoms with Gasteiger partial charge in [0, 0.05) is 54.7 Å². The predicted octanol–water partition coefficient (Wildman–Crippen LogP) is 15.1. The molecular weight excluding hydrogens is 773 g/mol. The lowest BCUT2D eigenvalue weighted by atomic mass is 9.99. The summed E-state index contributed by atoms with van der Waals surface area (Å²) in [4.78, 5) is 15.6. The van der Waals surface area contributed by atoms with Crippen LogP contribution in [0.1, 0.15) is 0 Å². The number of benzene rings is 9. The van der Waals surface area contributed by atoms with Gasteiger partial charge < -0.3 is 13.4 Å². The zero-order chi connectivity index (χ0) is 41.4. The normalized spacial score (nSPS) is 11.8. The van der Waals surface area contributed by atoms with Crippen LogP contribution in [-0.2, 0) is 0 Å². The number of rotatable bonds is 6. The molecule has 0 saturated carbocycles. The van der Waals surface area contributed by atoms with Gasteiger partial charge in [0.05, 0.1) is 11.0 Å². The van der Waals surface area contributed by atoms with Crippen molar-refractivity contribution < 1.29 is 8.83 Å². The van der Waals surface area contributed by atoms with Gasteiger partial charge in [0.15, 0.2) is 17.5 Å². The summed E-state index contributed by atoms with van der Waals surface area (Å²) < 4.78 is 15.3. The Morgan fingerprint density at radius 3 is 1.60 bits per heavy atom. The first-order chi connectivity index (χ1) is 31.2. The second-order valence-electron chi connectivity index (χ2n) is 16.0. The minimum atomic E-state index is 0.551. The van der Waals surface area contributed by atoms with Gasteiger partial charge in [0.25, 0.3) is 0 Å². The summed E-state index contributed by atoms with van der Waals surface area (Å²) in [6, 6.07) is 71.5. The van der Waals surface area contributed by atoms with E-state index < -0.39 is 0 Å². The molecule has 0 N–H and O–H groups in total. The number of fused-ring (bicyclic) bond motifs is 9. The highest BCUT2D eigenvalue weighted by molar-refractivity contribution is 6.14. The van der Waals surface area contributed by atoms with Crippen molar-refractivity contribution in [3.05, 3.63) is 206 Å². The maximum absolute atomic E-state index is 6.59. The second kappa shape index (κ2) is 14.0. The Kier molecular flexibility index (Phi) is 7.80. The average molecular weight is 807 g/mol. The lowest BCUT2D eigenvalue weighted by molar-refractivity contribution is 0.668. The van der Waals surface area contributed by atoms with E-state index in [4.69, 9.17) is 23.8 Å². The van der Waals surface area contributed by atoms with Crippen molar-refractivity contribution >= 4 is 65.7 Å². The van der Waals surface area contributed by atoms with Crippen LogP contribution in [0, 0.1) is 0 Å². The van der Waals surface area contributed by atoms with E-state index in [1.54, 1.807) is 0 Å². The van der Waals surface area contributed by atoms with Gasteiger partial charge in [-0.2, -0.15) is 0 Å². The third kappa shape index (κ3) is 5.76. The first-order valence-corrected chi connectivity index (χ1v) is 21.1. The monoisotopic (exact) mass is 806 g/mol. The van der Waals surface area contributed by atoms with Gasteiger partial charge >= 0.3 is 0 Å². The van der Waals surface area contributed by atoms with Crippen molar-refractivity contribution in [2.24, 2.45) is 0 Å². The molecular formula is C57H34N4O2. The average Bonchev–Trinajstić information content (AvgIpc) is 4.03. The molecule has 13 aromatic rings. The number of para-hydroxylation sites is 2.